The van der Waals surface area contributed by atoms with Gasteiger partial charge in [-0.15, -0.1) is 0 Å². The number of nitrogens with zero attached hydrogens (tertiary/aromatic N) is 1. The van der Waals surface area contributed by atoms with Crippen LogP contribution in [0.5, 0.6) is 5.75 Å². The van der Waals surface area contributed by atoms with Gasteiger partial charge in [0, 0.05) is 36.7 Å². The first-order valence-electron chi connectivity index (χ1n) is 13.5. The molecule has 5 unspecified atom stereocenters. The van der Waals surface area contributed by atoms with Crippen molar-refractivity contribution in [1.82, 2.24) is 10.2 Å². The van der Waals surface area contributed by atoms with E-state index in [4.69, 9.17) is 4.74 Å². The summed E-state index contributed by atoms with van der Waals surface area (Å²) in [6, 6.07) is 26.3. The number of piperidine rings is 3. The average Bonchev–Trinajstić information content (AvgIpc) is 2.93. The Morgan fingerprint density at radius 1 is 1.05 bits per heavy atom. The third kappa shape index (κ3) is 5.21. The lowest BCUT2D eigenvalue weighted by Crippen LogP contribution is -2.67. The highest BCUT2D eigenvalue weighted by Gasteiger charge is 2.53. The molecule has 0 saturated carbocycles. The van der Waals surface area contributed by atoms with E-state index in [9.17, 15) is 15.0 Å². The van der Waals surface area contributed by atoms with Gasteiger partial charge in [0.05, 0.1) is 18.6 Å². The number of ether oxygens (including phenoxy) is 1. The molecule has 3 aromatic carbocycles. The number of carbonyl (C=O) groups is 1. The molecule has 3 N–H and O–H groups in total. The number of carboxylic acids is 1. The van der Waals surface area contributed by atoms with Crippen LogP contribution in [-0.4, -0.2) is 53.4 Å². The van der Waals surface area contributed by atoms with E-state index >= 15 is 0 Å². The fraction of sp³-hybridized carbons (Fsp3) is 0.406. The van der Waals surface area contributed by atoms with E-state index in [1.54, 1.807) is 21.0 Å². The number of aliphatic hydroxyl groups is 1. The second-order valence-corrected chi connectivity index (χ2v) is 11.2. The summed E-state index contributed by atoms with van der Waals surface area (Å²) in [5, 5.41) is 24.8. The number of hydrogen-bond donors (Lipinski definition) is 3. The highest BCUT2D eigenvalue weighted by molar-refractivity contribution is 5.72. The SMILES string of the molecule is COc1ccc(C(C)(C)O)cc1CNC1CN2CCC1C(C(=O)O)C2C(c1ccccc1)c1ccccc1. The molecule has 0 amide bonds. The summed E-state index contributed by atoms with van der Waals surface area (Å²) >= 11 is 0. The van der Waals surface area contributed by atoms with Crippen molar-refractivity contribution in [3.05, 3.63) is 101 Å². The molecule has 200 valence electrons. The number of hydrogen-bond acceptors (Lipinski definition) is 5. The van der Waals surface area contributed by atoms with Crippen LogP contribution in [0.15, 0.2) is 78.9 Å². The first kappa shape index (κ1) is 26.4. The molecule has 0 aromatic heterocycles. The highest BCUT2D eigenvalue weighted by Crippen LogP contribution is 2.45. The monoisotopic (exact) mass is 514 g/mol. The Kier molecular flexibility index (Phi) is 7.57. The smallest absolute Gasteiger partial charge is 0.308 e. The maximum Gasteiger partial charge on any atom is 0.308 e. The van der Waals surface area contributed by atoms with Crippen molar-refractivity contribution in [2.24, 2.45) is 11.8 Å². The van der Waals surface area contributed by atoms with E-state index in [0.717, 1.165) is 47.5 Å². The van der Waals surface area contributed by atoms with Gasteiger partial charge in [-0.3, -0.25) is 9.69 Å². The molecule has 6 heteroatoms. The number of nitrogens with one attached hydrogen (secondary N) is 1. The van der Waals surface area contributed by atoms with Gasteiger partial charge >= 0.3 is 5.97 Å². The topological polar surface area (TPSA) is 82.0 Å². The van der Waals surface area contributed by atoms with Crippen molar-refractivity contribution < 1.29 is 19.7 Å². The number of methoxy groups -OCH3 is 1. The lowest BCUT2D eigenvalue weighted by atomic mass is 9.65. The Labute approximate surface area is 225 Å². The Morgan fingerprint density at radius 2 is 1.68 bits per heavy atom. The third-order valence-corrected chi connectivity index (χ3v) is 8.43. The molecule has 0 radical (unpaired) electrons. The van der Waals surface area contributed by atoms with Crippen molar-refractivity contribution >= 4 is 5.97 Å². The molecule has 0 spiro atoms. The molecule has 3 saturated heterocycles. The molecular formula is C32H38N2O4. The van der Waals surface area contributed by atoms with Crippen molar-refractivity contribution in [3.8, 4) is 5.75 Å². The minimum absolute atomic E-state index is 0.0147. The molecule has 3 aliphatic rings. The first-order valence-corrected chi connectivity index (χ1v) is 13.5. The fourth-order valence-electron chi connectivity index (χ4n) is 6.59. The van der Waals surface area contributed by atoms with E-state index in [1.807, 2.05) is 54.6 Å². The van der Waals surface area contributed by atoms with Crippen LogP contribution in [0.1, 0.15) is 48.4 Å². The first-order chi connectivity index (χ1) is 18.3. The van der Waals surface area contributed by atoms with Gasteiger partial charge in [-0.1, -0.05) is 66.7 Å². The summed E-state index contributed by atoms with van der Waals surface area (Å²) in [4.78, 5) is 15.3. The van der Waals surface area contributed by atoms with E-state index in [0.29, 0.717) is 6.54 Å². The summed E-state index contributed by atoms with van der Waals surface area (Å²) in [6.45, 7) is 5.77. The standard InChI is InChI=1S/C32H38N2O4/c1-32(2,37)24-14-15-27(38-3)23(18-24)19-33-26-20-34-17-16-25(26)29(31(35)36)30(34)28(21-10-6-4-7-11-21)22-12-8-5-9-13-22/h4-15,18,25-26,28-30,33,37H,16-17,19-20H2,1-3H3,(H,35,36). The van der Waals surface area contributed by atoms with E-state index in [1.165, 1.54) is 0 Å². The van der Waals surface area contributed by atoms with Crippen LogP contribution in [0.4, 0.5) is 0 Å². The van der Waals surface area contributed by atoms with E-state index < -0.39 is 17.5 Å². The number of rotatable bonds is 9. The van der Waals surface area contributed by atoms with Gasteiger partial charge in [-0.05, 0) is 61.6 Å². The van der Waals surface area contributed by atoms with Crippen LogP contribution < -0.4 is 10.1 Å². The average molecular weight is 515 g/mol. The van der Waals surface area contributed by atoms with E-state index in [2.05, 4.69) is 34.5 Å². The summed E-state index contributed by atoms with van der Waals surface area (Å²) in [7, 11) is 1.65. The predicted molar refractivity (Wildman–Crippen MR) is 148 cm³/mol. The van der Waals surface area contributed by atoms with Crippen molar-refractivity contribution in [1.29, 1.82) is 0 Å². The van der Waals surface area contributed by atoms with Crippen LogP contribution in [0.2, 0.25) is 0 Å². The zero-order valence-corrected chi connectivity index (χ0v) is 22.4. The van der Waals surface area contributed by atoms with Gasteiger partial charge in [-0.2, -0.15) is 0 Å². The lowest BCUT2D eigenvalue weighted by molar-refractivity contribution is -0.155. The van der Waals surface area contributed by atoms with Gasteiger partial charge in [0.2, 0.25) is 0 Å². The molecule has 3 fully saturated rings. The van der Waals surface area contributed by atoms with Gasteiger partial charge < -0.3 is 20.3 Å². The quantitative estimate of drug-likeness (QED) is 0.387. The van der Waals surface area contributed by atoms with Gasteiger partial charge in [-0.25, -0.2) is 0 Å². The van der Waals surface area contributed by atoms with E-state index in [-0.39, 0.29) is 23.9 Å². The maximum atomic E-state index is 12.9. The summed E-state index contributed by atoms with van der Waals surface area (Å²) in [5.41, 5.74) is 3.13. The van der Waals surface area contributed by atoms with Crippen molar-refractivity contribution in [3.63, 3.8) is 0 Å². The molecule has 3 aliphatic heterocycles. The van der Waals surface area contributed by atoms with Crippen molar-refractivity contribution in [2.75, 3.05) is 20.2 Å². The second kappa shape index (κ2) is 10.9. The van der Waals surface area contributed by atoms with Gasteiger partial charge in [0.25, 0.3) is 0 Å². The van der Waals surface area contributed by atoms with Crippen LogP contribution in [0, 0.1) is 11.8 Å². The molecule has 2 bridgehead atoms. The number of aliphatic carboxylic acids is 1. The minimum Gasteiger partial charge on any atom is -0.496 e. The molecule has 3 heterocycles. The molecule has 38 heavy (non-hydrogen) atoms. The molecular weight excluding hydrogens is 476 g/mol. The molecule has 5 atom stereocenters. The molecule has 0 aliphatic carbocycles. The number of benzene rings is 3. The number of carboxylic acid groups (broad SMARTS) is 1. The second-order valence-electron chi connectivity index (χ2n) is 11.2. The predicted octanol–water partition coefficient (Wildman–Crippen LogP) is 4.62. The lowest BCUT2D eigenvalue weighted by Gasteiger charge is -2.55. The van der Waals surface area contributed by atoms with Crippen molar-refractivity contribution in [2.45, 2.75) is 50.4 Å². The molecule has 6 nitrogen and oxygen atoms in total. The zero-order chi connectivity index (χ0) is 26.9. The summed E-state index contributed by atoms with van der Waals surface area (Å²) in [5.74, 6) is -0.473. The Morgan fingerprint density at radius 3 is 2.24 bits per heavy atom. The molecule has 6 rings (SSSR count). The minimum atomic E-state index is -0.956. The Hall–Kier alpha value is -3.19. The third-order valence-electron chi connectivity index (χ3n) is 8.43. The summed E-state index contributed by atoms with van der Waals surface area (Å²) in [6.07, 6.45) is 0.849. The molecule has 3 aromatic rings. The largest absolute Gasteiger partial charge is 0.496 e. The van der Waals surface area contributed by atoms with Crippen LogP contribution >= 0.6 is 0 Å². The van der Waals surface area contributed by atoms with Gasteiger partial charge in [0.15, 0.2) is 0 Å². The highest BCUT2D eigenvalue weighted by atomic mass is 16.5. The normalized spacial score (nSPS) is 24.9. The summed E-state index contributed by atoms with van der Waals surface area (Å²) < 4.78 is 5.59. The van der Waals surface area contributed by atoms with Crippen LogP contribution in [0.25, 0.3) is 0 Å². The van der Waals surface area contributed by atoms with Crippen LogP contribution in [-0.2, 0) is 16.9 Å². The van der Waals surface area contributed by atoms with Gasteiger partial charge in [0.1, 0.15) is 5.75 Å². The zero-order valence-electron chi connectivity index (χ0n) is 22.4. The Balaban J connectivity index is 1.43. The number of fused-ring (bicyclic) bond motifs is 3. The maximum absolute atomic E-state index is 12.9. The van der Waals surface area contributed by atoms with Crippen LogP contribution in [0.3, 0.4) is 0 Å². The Bertz CT molecular complexity index is 1200. The fourth-order valence-corrected chi connectivity index (χ4v) is 6.59.